The molecule has 1 aliphatic heterocycles. The molecule has 5 nitrogen and oxygen atoms in total. The number of aliphatic hydroxyl groups excluding tert-OH is 1. The number of rotatable bonds is 3. The summed E-state index contributed by atoms with van der Waals surface area (Å²) in [5.74, 6) is 0.349. The van der Waals surface area contributed by atoms with Gasteiger partial charge in [0.1, 0.15) is 5.69 Å². The highest BCUT2D eigenvalue weighted by Gasteiger charge is 2.24. The van der Waals surface area contributed by atoms with Crippen molar-refractivity contribution in [3.8, 4) is 0 Å². The van der Waals surface area contributed by atoms with Gasteiger partial charge < -0.3 is 10.0 Å². The Hall–Kier alpha value is -1.36. The molecule has 0 atom stereocenters. The number of aryl methyl sites for hydroxylation is 1. The van der Waals surface area contributed by atoms with Crippen molar-refractivity contribution in [2.45, 2.75) is 26.2 Å². The van der Waals surface area contributed by atoms with Crippen LogP contribution in [0.4, 0.5) is 0 Å². The van der Waals surface area contributed by atoms with Crippen LogP contribution in [0.1, 0.15) is 35.9 Å². The summed E-state index contributed by atoms with van der Waals surface area (Å²) in [6.45, 7) is 3.69. The third kappa shape index (κ3) is 2.66. The van der Waals surface area contributed by atoms with Gasteiger partial charge in [-0.25, -0.2) is 0 Å². The van der Waals surface area contributed by atoms with Gasteiger partial charge in [-0.2, -0.15) is 5.10 Å². The molecule has 2 heterocycles. The van der Waals surface area contributed by atoms with Crippen LogP contribution in [0.15, 0.2) is 6.07 Å². The number of nitrogens with zero attached hydrogens (tertiary/aromatic N) is 2. The first kappa shape index (κ1) is 12.1. The molecule has 0 aliphatic carbocycles. The van der Waals surface area contributed by atoms with Crippen LogP contribution in [0, 0.1) is 5.92 Å². The molecule has 17 heavy (non-hydrogen) atoms. The average molecular weight is 237 g/mol. The molecule has 0 bridgehead atoms. The summed E-state index contributed by atoms with van der Waals surface area (Å²) in [6, 6.07) is 1.82. The number of nitrogens with one attached hydrogen (secondary N) is 1. The second kappa shape index (κ2) is 5.31. The van der Waals surface area contributed by atoms with Crippen molar-refractivity contribution in [2.75, 3.05) is 19.7 Å². The summed E-state index contributed by atoms with van der Waals surface area (Å²) in [5, 5.41) is 15.9. The van der Waals surface area contributed by atoms with Gasteiger partial charge in [0.15, 0.2) is 0 Å². The fraction of sp³-hybridized carbons (Fsp3) is 0.667. The third-order valence-corrected chi connectivity index (χ3v) is 3.39. The van der Waals surface area contributed by atoms with Crippen molar-refractivity contribution in [1.29, 1.82) is 0 Å². The van der Waals surface area contributed by atoms with Gasteiger partial charge in [-0.05, 0) is 31.2 Å². The number of hydrogen-bond acceptors (Lipinski definition) is 3. The molecule has 1 fully saturated rings. The largest absolute Gasteiger partial charge is 0.396 e. The molecule has 0 spiro atoms. The molecule has 0 aromatic carbocycles. The summed E-state index contributed by atoms with van der Waals surface area (Å²) < 4.78 is 0. The summed E-state index contributed by atoms with van der Waals surface area (Å²) in [7, 11) is 0. The molecular formula is C12H19N3O2. The number of amides is 1. The van der Waals surface area contributed by atoms with Crippen LogP contribution < -0.4 is 0 Å². The zero-order chi connectivity index (χ0) is 12.3. The van der Waals surface area contributed by atoms with Crippen LogP contribution in [-0.2, 0) is 6.42 Å². The van der Waals surface area contributed by atoms with Crippen molar-refractivity contribution in [3.63, 3.8) is 0 Å². The highest BCUT2D eigenvalue weighted by molar-refractivity contribution is 5.92. The van der Waals surface area contributed by atoms with Crippen LogP contribution in [-0.4, -0.2) is 45.8 Å². The second-order valence-electron chi connectivity index (χ2n) is 4.55. The number of likely N-dealkylation sites (tertiary alicyclic amines) is 1. The lowest BCUT2D eigenvalue weighted by Crippen LogP contribution is -2.39. The predicted octanol–water partition coefficient (Wildman–Crippen LogP) is 0.817. The lowest BCUT2D eigenvalue weighted by molar-refractivity contribution is 0.0645. The van der Waals surface area contributed by atoms with Crippen LogP contribution in [0.3, 0.4) is 0 Å². The molecule has 1 amide bonds. The van der Waals surface area contributed by atoms with Gasteiger partial charge >= 0.3 is 0 Å². The number of carbonyl (C=O) groups is 1. The number of carbonyl (C=O) groups excluding carboxylic acids is 1. The molecule has 0 radical (unpaired) electrons. The maximum Gasteiger partial charge on any atom is 0.274 e. The smallest absolute Gasteiger partial charge is 0.274 e. The first-order chi connectivity index (χ1) is 8.24. The van der Waals surface area contributed by atoms with Crippen molar-refractivity contribution in [3.05, 3.63) is 17.5 Å². The first-order valence-corrected chi connectivity index (χ1v) is 6.19. The van der Waals surface area contributed by atoms with Crippen molar-refractivity contribution in [1.82, 2.24) is 15.1 Å². The Morgan fingerprint density at radius 3 is 2.82 bits per heavy atom. The number of aromatic nitrogens is 2. The zero-order valence-corrected chi connectivity index (χ0v) is 10.1. The van der Waals surface area contributed by atoms with Gasteiger partial charge in [0.05, 0.1) is 0 Å². The Morgan fingerprint density at radius 2 is 2.29 bits per heavy atom. The lowest BCUT2D eigenvalue weighted by atomic mass is 9.98. The van der Waals surface area contributed by atoms with E-state index in [4.69, 9.17) is 5.11 Å². The second-order valence-corrected chi connectivity index (χ2v) is 4.55. The van der Waals surface area contributed by atoms with E-state index in [-0.39, 0.29) is 12.5 Å². The summed E-state index contributed by atoms with van der Waals surface area (Å²) in [6.07, 6.45) is 2.62. The molecule has 1 aliphatic rings. The molecular weight excluding hydrogens is 218 g/mol. The normalized spacial score (nSPS) is 17.4. The Kier molecular flexibility index (Phi) is 3.78. The SMILES string of the molecule is CCc1cc(C(=O)N2CCC(CO)CC2)n[nH]1. The third-order valence-electron chi connectivity index (χ3n) is 3.39. The van der Waals surface area contributed by atoms with E-state index in [2.05, 4.69) is 10.2 Å². The monoisotopic (exact) mass is 237 g/mol. The molecule has 2 N–H and O–H groups in total. The fourth-order valence-electron chi connectivity index (χ4n) is 2.13. The van der Waals surface area contributed by atoms with Gasteiger partial charge in [0.25, 0.3) is 5.91 Å². The Bertz CT molecular complexity index is 381. The minimum atomic E-state index is -0.00246. The van der Waals surface area contributed by atoms with Crippen LogP contribution in [0.2, 0.25) is 0 Å². The summed E-state index contributed by atoms with van der Waals surface area (Å²) >= 11 is 0. The van der Waals surface area contributed by atoms with E-state index in [9.17, 15) is 4.79 Å². The van der Waals surface area contributed by atoms with Crippen LogP contribution in [0.25, 0.3) is 0 Å². The Morgan fingerprint density at radius 1 is 1.59 bits per heavy atom. The molecule has 1 aromatic heterocycles. The molecule has 2 rings (SSSR count). The number of aromatic amines is 1. The van der Waals surface area contributed by atoms with E-state index in [1.807, 2.05) is 17.9 Å². The van der Waals surface area contributed by atoms with E-state index in [0.717, 1.165) is 38.0 Å². The van der Waals surface area contributed by atoms with Gasteiger partial charge in [0, 0.05) is 25.4 Å². The maximum atomic E-state index is 12.1. The highest BCUT2D eigenvalue weighted by Crippen LogP contribution is 2.18. The van der Waals surface area contributed by atoms with E-state index in [1.165, 1.54) is 0 Å². The quantitative estimate of drug-likeness (QED) is 0.817. The molecule has 0 unspecified atom stereocenters. The van der Waals surface area contributed by atoms with Crippen LogP contribution >= 0.6 is 0 Å². The standard InChI is InChI=1S/C12H19N3O2/c1-2-10-7-11(14-13-10)12(17)15-5-3-9(8-16)4-6-15/h7,9,16H,2-6,8H2,1H3,(H,13,14). The van der Waals surface area contributed by atoms with E-state index >= 15 is 0 Å². The predicted molar refractivity (Wildman–Crippen MR) is 63.7 cm³/mol. The van der Waals surface area contributed by atoms with Gasteiger partial charge in [-0.1, -0.05) is 6.92 Å². The molecule has 0 saturated carbocycles. The Labute approximate surface area is 101 Å². The number of piperidine rings is 1. The topological polar surface area (TPSA) is 69.2 Å². The van der Waals surface area contributed by atoms with Crippen molar-refractivity contribution in [2.24, 2.45) is 5.92 Å². The average Bonchev–Trinajstić information content (AvgIpc) is 2.87. The van der Waals surface area contributed by atoms with Crippen LogP contribution in [0.5, 0.6) is 0 Å². The molecule has 94 valence electrons. The number of hydrogen-bond donors (Lipinski definition) is 2. The van der Waals surface area contributed by atoms with Gasteiger partial charge in [-0.3, -0.25) is 9.89 Å². The zero-order valence-electron chi connectivity index (χ0n) is 10.1. The van der Waals surface area contributed by atoms with Crippen molar-refractivity contribution >= 4 is 5.91 Å². The minimum absolute atomic E-state index is 0.00246. The summed E-state index contributed by atoms with van der Waals surface area (Å²) in [5.41, 5.74) is 1.49. The lowest BCUT2D eigenvalue weighted by Gasteiger charge is -2.30. The maximum absolute atomic E-state index is 12.1. The van der Waals surface area contributed by atoms with Gasteiger partial charge in [0.2, 0.25) is 0 Å². The molecule has 1 saturated heterocycles. The molecule has 1 aromatic rings. The van der Waals surface area contributed by atoms with Gasteiger partial charge in [-0.15, -0.1) is 0 Å². The number of H-pyrrole nitrogens is 1. The van der Waals surface area contributed by atoms with Crippen molar-refractivity contribution < 1.29 is 9.90 Å². The minimum Gasteiger partial charge on any atom is -0.396 e. The molecule has 5 heteroatoms. The Balaban J connectivity index is 1.96. The first-order valence-electron chi connectivity index (χ1n) is 6.19. The summed E-state index contributed by atoms with van der Waals surface area (Å²) in [4.78, 5) is 13.9. The van der Waals surface area contributed by atoms with E-state index in [0.29, 0.717) is 11.6 Å². The van der Waals surface area contributed by atoms with E-state index < -0.39 is 0 Å². The highest BCUT2D eigenvalue weighted by atomic mass is 16.3. The fourth-order valence-corrected chi connectivity index (χ4v) is 2.13. The van der Waals surface area contributed by atoms with E-state index in [1.54, 1.807) is 0 Å². The number of aliphatic hydroxyl groups is 1.